The maximum Gasteiger partial charge on any atom is 0.417 e. The summed E-state index contributed by atoms with van der Waals surface area (Å²) in [7, 11) is 1.92. The summed E-state index contributed by atoms with van der Waals surface area (Å²) >= 11 is 2.33. The van der Waals surface area contributed by atoms with Gasteiger partial charge in [0.2, 0.25) is 0 Å². The normalized spacial score (nSPS) is 12.7. The molecule has 0 fully saturated rings. The van der Waals surface area contributed by atoms with Crippen LogP contribution in [0.15, 0.2) is 51.7 Å². The molecule has 1 atom stereocenters. The third kappa shape index (κ3) is 2.38. The van der Waals surface area contributed by atoms with Gasteiger partial charge in [-0.3, -0.25) is 4.98 Å². The number of rotatable bonds is 3. The molecule has 0 spiro atoms. The highest BCUT2D eigenvalue weighted by Crippen LogP contribution is 2.27. The number of fused-ring (bicyclic) bond motifs is 1. The van der Waals surface area contributed by atoms with Gasteiger partial charge in [-0.25, -0.2) is 4.79 Å². The van der Waals surface area contributed by atoms with Gasteiger partial charge in [0.05, 0.1) is 11.6 Å². The molecule has 3 aromatic rings. The Balaban J connectivity index is 2.11. The van der Waals surface area contributed by atoms with Crippen molar-refractivity contribution in [2.75, 3.05) is 7.05 Å². The number of halogens is 1. The van der Waals surface area contributed by atoms with Crippen molar-refractivity contribution in [1.82, 2.24) is 10.3 Å². The highest BCUT2D eigenvalue weighted by Gasteiger charge is 2.15. The van der Waals surface area contributed by atoms with E-state index in [1.54, 1.807) is 0 Å². The number of H-pyrrole nitrogens is 1. The summed E-state index contributed by atoms with van der Waals surface area (Å²) in [6.07, 6.45) is 0. The van der Waals surface area contributed by atoms with Crippen LogP contribution in [-0.4, -0.2) is 12.0 Å². The van der Waals surface area contributed by atoms with Crippen LogP contribution >= 0.6 is 22.6 Å². The summed E-state index contributed by atoms with van der Waals surface area (Å²) < 4.78 is 6.32. The van der Waals surface area contributed by atoms with Crippen LogP contribution in [0.1, 0.15) is 17.2 Å². The minimum absolute atomic E-state index is 0.0627. The Morgan fingerprint density at radius 2 is 2.05 bits per heavy atom. The lowest BCUT2D eigenvalue weighted by Gasteiger charge is -2.18. The second kappa shape index (κ2) is 5.41. The molecule has 2 aromatic carbocycles. The summed E-state index contributed by atoms with van der Waals surface area (Å²) in [6.45, 7) is 0. The molecule has 3 rings (SSSR count). The number of hydrogen-bond donors (Lipinski definition) is 2. The molecule has 1 heterocycles. The molecular formula is C15H13IN2O2. The molecule has 0 aliphatic carbocycles. The second-order valence-corrected chi connectivity index (χ2v) is 5.68. The monoisotopic (exact) mass is 380 g/mol. The van der Waals surface area contributed by atoms with E-state index in [2.05, 4.69) is 45.0 Å². The summed E-state index contributed by atoms with van der Waals surface area (Å²) in [5, 5.41) is 3.31. The molecule has 0 saturated heterocycles. The lowest BCUT2D eigenvalue weighted by molar-refractivity contribution is 0.554. The first-order chi connectivity index (χ1) is 9.69. The molecule has 20 heavy (non-hydrogen) atoms. The summed E-state index contributed by atoms with van der Waals surface area (Å²) in [4.78, 5) is 13.9. The summed E-state index contributed by atoms with van der Waals surface area (Å²) in [5.41, 5.74) is 3.56. The van der Waals surface area contributed by atoms with Gasteiger partial charge < -0.3 is 9.73 Å². The Hall–Kier alpha value is -1.60. The molecule has 0 radical (unpaired) electrons. The number of benzene rings is 2. The van der Waals surface area contributed by atoms with E-state index in [0.29, 0.717) is 5.58 Å². The van der Waals surface area contributed by atoms with Crippen LogP contribution in [0.5, 0.6) is 0 Å². The van der Waals surface area contributed by atoms with Gasteiger partial charge in [0, 0.05) is 3.57 Å². The molecule has 0 amide bonds. The van der Waals surface area contributed by atoms with Crippen LogP contribution in [0, 0.1) is 3.57 Å². The zero-order valence-corrected chi connectivity index (χ0v) is 13.0. The van der Waals surface area contributed by atoms with E-state index in [0.717, 1.165) is 11.1 Å². The van der Waals surface area contributed by atoms with Gasteiger partial charge in [-0.2, -0.15) is 0 Å². The zero-order valence-electron chi connectivity index (χ0n) is 10.8. The highest BCUT2D eigenvalue weighted by atomic mass is 127. The molecule has 1 unspecified atom stereocenters. The lowest BCUT2D eigenvalue weighted by atomic mass is 9.99. The van der Waals surface area contributed by atoms with Crippen LogP contribution in [0.25, 0.3) is 11.1 Å². The first kappa shape index (κ1) is 13.4. The predicted octanol–water partition coefficient (Wildman–Crippen LogP) is 3.03. The smallest absolute Gasteiger partial charge is 0.408 e. The van der Waals surface area contributed by atoms with Crippen LogP contribution in [-0.2, 0) is 0 Å². The van der Waals surface area contributed by atoms with Gasteiger partial charge in [0.1, 0.15) is 0 Å². The largest absolute Gasteiger partial charge is 0.417 e. The van der Waals surface area contributed by atoms with E-state index in [-0.39, 0.29) is 6.04 Å². The molecule has 4 nitrogen and oxygen atoms in total. The summed E-state index contributed by atoms with van der Waals surface area (Å²) in [5.74, 6) is -0.424. The Bertz CT molecular complexity index is 807. The molecule has 0 aliphatic rings. The SMILES string of the molecule is CNC(c1ccc2[nH]c(=O)oc2c1)c1ccccc1I. The number of hydrogen-bond acceptors (Lipinski definition) is 3. The van der Waals surface area contributed by atoms with Crippen molar-refractivity contribution in [1.29, 1.82) is 0 Å². The average Bonchev–Trinajstić information content (AvgIpc) is 2.81. The number of oxazole rings is 1. The van der Waals surface area contributed by atoms with E-state index < -0.39 is 5.76 Å². The van der Waals surface area contributed by atoms with Crippen LogP contribution in [0.3, 0.4) is 0 Å². The summed E-state index contributed by atoms with van der Waals surface area (Å²) in [6, 6.07) is 14.1. The Morgan fingerprint density at radius 3 is 2.80 bits per heavy atom. The van der Waals surface area contributed by atoms with Crippen LogP contribution in [0.2, 0.25) is 0 Å². The molecule has 0 saturated carbocycles. The number of nitrogens with one attached hydrogen (secondary N) is 2. The first-order valence-corrected chi connectivity index (χ1v) is 7.31. The van der Waals surface area contributed by atoms with Crippen molar-refractivity contribution in [2.45, 2.75) is 6.04 Å². The Morgan fingerprint density at radius 1 is 1.25 bits per heavy atom. The quantitative estimate of drug-likeness (QED) is 0.687. The van der Waals surface area contributed by atoms with E-state index in [4.69, 9.17) is 4.42 Å². The predicted molar refractivity (Wildman–Crippen MR) is 86.9 cm³/mol. The molecule has 0 aliphatic heterocycles. The molecule has 1 aromatic heterocycles. The van der Waals surface area contributed by atoms with Gasteiger partial charge in [-0.15, -0.1) is 0 Å². The minimum atomic E-state index is -0.424. The van der Waals surface area contributed by atoms with Crippen LogP contribution < -0.4 is 11.1 Å². The number of aromatic amines is 1. The fourth-order valence-corrected chi connectivity index (χ4v) is 3.05. The van der Waals surface area contributed by atoms with E-state index in [1.807, 2.05) is 37.4 Å². The molecule has 102 valence electrons. The lowest BCUT2D eigenvalue weighted by Crippen LogP contribution is -2.18. The molecule has 0 bridgehead atoms. The minimum Gasteiger partial charge on any atom is -0.408 e. The van der Waals surface area contributed by atoms with Gasteiger partial charge in [0.15, 0.2) is 5.58 Å². The maximum absolute atomic E-state index is 11.2. The van der Waals surface area contributed by atoms with Crippen molar-refractivity contribution in [3.63, 3.8) is 0 Å². The molecule has 2 N–H and O–H groups in total. The second-order valence-electron chi connectivity index (χ2n) is 4.51. The average molecular weight is 380 g/mol. The Kier molecular flexibility index (Phi) is 3.62. The fourth-order valence-electron chi connectivity index (χ4n) is 2.35. The van der Waals surface area contributed by atoms with Gasteiger partial charge in [0.25, 0.3) is 0 Å². The third-order valence-corrected chi connectivity index (χ3v) is 4.27. The topological polar surface area (TPSA) is 58.0 Å². The van der Waals surface area contributed by atoms with Crippen molar-refractivity contribution in [3.05, 3.63) is 67.7 Å². The standard InChI is InChI=1S/C15H13IN2O2/c1-17-14(10-4-2-3-5-11(10)16)9-6-7-12-13(8-9)20-15(19)18-12/h2-8,14,17H,1H3,(H,18,19). The van der Waals surface area contributed by atoms with E-state index in [1.165, 1.54) is 9.13 Å². The van der Waals surface area contributed by atoms with Gasteiger partial charge in [-0.05, 0) is 59.0 Å². The Labute approximate surface area is 129 Å². The zero-order chi connectivity index (χ0) is 14.1. The fraction of sp³-hybridized carbons (Fsp3) is 0.133. The van der Waals surface area contributed by atoms with Gasteiger partial charge >= 0.3 is 5.76 Å². The van der Waals surface area contributed by atoms with E-state index in [9.17, 15) is 4.79 Å². The maximum atomic E-state index is 11.2. The van der Waals surface area contributed by atoms with Crippen molar-refractivity contribution < 1.29 is 4.42 Å². The van der Waals surface area contributed by atoms with E-state index >= 15 is 0 Å². The molecular weight excluding hydrogens is 367 g/mol. The highest BCUT2D eigenvalue weighted by molar-refractivity contribution is 14.1. The molecule has 5 heteroatoms. The van der Waals surface area contributed by atoms with Crippen molar-refractivity contribution in [3.8, 4) is 0 Å². The van der Waals surface area contributed by atoms with Crippen molar-refractivity contribution >= 4 is 33.7 Å². The number of aromatic nitrogens is 1. The van der Waals surface area contributed by atoms with Crippen molar-refractivity contribution in [2.24, 2.45) is 0 Å². The van der Waals surface area contributed by atoms with Crippen LogP contribution in [0.4, 0.5) is 0 Å². The third-order valence-electron chi connectivity index (χ3n) is 3.28. The van der Waals surface area contributed by atoms with Gasteiger partial charge in [-0.1, -0.05) is 24.3 Å². The first-order valence-electron chi connectivity index (χ1n) is 6.23.